The lowest BCUT2D eigenvalue weighted by molar-refractivity contribution is -0.603. The maximum Gasteiger partial charge on any atom is 0.210 e. The molecule has 0 aliphatic heterocycles. The summed E-state index contributed by atoms with van der Waals surface area (Å²) in [4.78, 5) is 0. The van der Waals surface area contributed by atoms with Crippen LogP contribution in [0.3, 0.4) is 0 Å². The summed E-state index contributed by atoms with van der Waals surface area (Å²) in [5, 5.41) is 2.70. The standard InChI is InChI=1S/C20H22N/c1-4-18-19-9-7-6-8-16(19)14-21(20(18)5-2)17-12-10-15(3)11-13-17/h6-14H,4-5H2,1-3H3/q+1. The number of pyridine rings is 1. The Morgan fingerprint density at radius 1 is 0.857 bits per heavy atom. The molecule has 0 atom stereocenters. The molecule has 106 valence electrons. The van der Waals surface area contributed by atoms with Crippen LogP contribution in [-0.2, 0) is 12.8 Å². The molecule has 0 unspecified atom stereocenters. The molecule has 0 aliphatic rings. The van der Waals surface area contributed by atoms with E-state index in [0.717, 1.165) is 12.8 Å². The van der Waals surface area contributed by atoms with E-state index in [4.69, 9.17) is 0 Å². The van der Waals surface area contributed by atoms with E-state index in [0.29, 0.717) is 0 Å². The zero-order valence-corrected chi connectivity index (χ0v) is 13.1. The minimum absolute atomic E-state index is 1.04. The predicted octanol–water partition coefficient (Wildman–Crippen LogP) is 4.55. The number of nitrogens with zero attached hydrogens (tertiary/aromatic N) is 1. The average molecular weight is 276 g/mol. The minimum Gasteiger partial charge on any atom is -0.164 e. The summed E-state index contributed by atoms with van der Waals surface area (Å²) < 4.78 is 2.36. The summed E-state index contributed by atoms with van der Waals surface area (Å²) in [6, 6.07) is 17.5. The van der Waals surface area contributed by atoms with E-state index in [1.54, 1.807) is 0 Å². The van der Waals surface area contributed by atoms with Gasteiger partial charge in [0.1, 0.15) is 0 Å². The molecule has 0 spiro atoms. The largest absolute Gasteiger partial charge is 0.210 e. The fraction of sp³-hybridized carbons (Fsp3) is 0.250. The van der Waals surface area contributed by atoms with Gasteiger partial charge in [0.15, 0.2) is 11.9 Å². The third kappa shape index (κ3) is 2.44. The molecule has 0 fully saturated rings. The van der Waals surface area contributed by atoms with Crippen molar-refractivity contribution in [3.05, 3.63) is 71.5 Å². The summed E-state index contributed by atoms with van der Waals surface area (Å²) >= 11 is 0. The fourth-order valence-electron chi connectivity index (χ4n) is 3.12. The van der Waals surface area contributed by atoms with E-state index >= 15 is 0 Å². The van der Waals surface area contributed by atoms with Crippen LogP contribution in [0.1, 0.15) is 30.7 Å². The van der Waals surface area contributed by atoms with Crippen LogP contribution >= 0.6 is 0 Å². The highest BCUT2D eigenvalue weighted by Crippen LogP contribution is 2.22. The van der Waals surface area contributed by atoms with Gasteiger partial charge in [0.2, 0.25) is 5.69 Å². The highest BCUT2D eigenvalue weighted by Gasteiger charge is 2.19. The lowest BCUT2D eigenvalue weighted by Crippen LogP contribution is -2.36. The summed E-state index contributed by atoms with van der Waals surface area (Å²) in [6.45, 7) is 6.63. The van der Waals surface area contributed by atoms with Crippen molar-refractivity contribution in [3.8, 4) is 5.69 Å². The maximum atomic E-state index is 2.36. The van der Waals surface area contributed by atoms with Crippen molar-refractivity contribution in [2.24, 2.45) is 0 Å². The van der Waals surface area contributed by atoms with Gasteiger partial charge in [-0.3, -0.25) is 0 Å². The number of aryl methyl sites for hydroxylation is 2. The van der Waals surface area contributed by atoms with Crippen LogP contribution < -0.4 is 4.57 Å². The van der Waals surface area contributed by atoms with Crippen molar-refractivity contribution in [2.45, 2.75) is 33.6 Å². The molecule has 0 saturated heterocycles. The topological polar surface area (TPSA) is 3.88 Å². The molecule has 0 amide bonds. The molecular weight excluding hydrogens is 254 g/mol. The molecule has 0 aliphatic carbocycles. The second-order valence-corrected chi connectivity index (χ2v) is 5.55. The number of hydrogen-bond acceptors (Lipinski definition) is 0. The van der Waals surface area contributed by atoms with Crippen molar-refractivity contribution in [1.82, 2.24) is 0 Å². The second-order valence-electron chi connectivity index (χ2n) is 5.55. The molecule has 0 N–H and O–H groups in total. The van der Waals surface area contributed by atoms with Crippen LogP contribution in [0.5, 0.6) is 0 Å². The molecule has 3 rings (SSSR count). The van der Waals surface area contributed by atoms with Gasteiger partial charge in [0, 0.05) is 29.5 Å². The Labute approximate surface area is 126 Å². The molecule has 3 aromatic rings. The SMILES string of the molecule is CCc1c(CC)[n+](-c2ccc(C)cc2)cc2ccccc12. The van der Waals surface area contributed by atoms with Crippen LogP contribution in [0.15, 0.2) is 54.7 Å². The Morgan fingerprint density at radius 3 is 2.24 bits per heavy atom. The molecular formula is C20H22N+. The van der Waals surface area contributed by atoms with Crippen LogP contribution in [-0.4, -0.2) is 0 Å². The van der Waals surface area contributed by atoms with Crippen LogP contribution in [0, 0.1) is 6.92 Å². The molecule has 1 nitrogen and oxygen atoms in total. The smallest absolute Gasteiger partial charge is 0.164 e. The van der Waals surface area contributed by atoms with Gasteiger partial charge in [-0.25, -0.2) is 0 Å². The normalized spacial score (nSPS) is 11.0. The monoisotopic (exact) mass is 276 g/mol. The number of hydrogen-bond donors (Lipinski definition) is 0. The first-order chi connectivity index (χ1) is 10.2. The molecule has 1 heterocycles. The van der Waals surface area contributed by atoms with E-state index in [9.17, 15) is 0 Å². The van der Waals surface area contributed by atoms with Crippen molar-refractivity contribution in [2.75, 3.05) is 0 Å². The highest BCUT2D eigenvalue weighted by atomic mass is 15.0. The van der Waals surface area contributed by atoms with Crippen molar-refractivity contribution < 1.29 is 4.57 Å². The number of aromatic nitrogens is 1. The van der Waals surface area contributed by atoms with E-state index < -0.39 is 0 Å². The highest BCUT2D eigenvalue weighted by molar-refractivity contribution is 5.84. The third-order valence-corrected chi connectivity index (χ3v) is 4.19. The van der Waals surface area contributed by atoms with E-state index in [2.05, 4.69) is 80.1 Å². The number of benzene rings is 2. The second kappa shape index (κ2) is 5.69. The van der Waals surface area contributed by atoms with Gasteiger partial charge < -0.3 is 0 Å². The van der Waals surface area contributed by atoms with Crippen LogP contribution in [0.4, 0.5) is 0 Å². The Balaban J connectivity index is 2.33. The van der Waals surface area contributed by atoms with Gasteiger partial charge in [-0.05, 0) is 24.8 Å². The first kappa shape index (κ1) is 13.8. The molecule has 21 heavy (non-hydrogen) atoms. The quantitative estimate of drug-likeness (QED) is 0.618. The van der Waals surface area contributed by atoms with Gasteiger partial charge in [-0.2, -0.15) is 4.57 Å². The molecule has 0 bridgehead atoms. The first-order valence-corrected chi connectivity index (χ1v) is 7.76. The van der Waals surface area contributed by atoms with E-state index in [-0.39, 0.29) is 0 Å². The lowest BCUT2D eigenvalue weighted by atomic mass is 10.00. The lowest BCUT2D eigenvalue weighted by Gasteiger charge is -2.10. The predicted molar refractivity (Wildman–Crippen MR) is 89.0 cm³/mol. The van der Waals surface area contributed by atoms with Crippen molar-refractivity contribution >= 4 is 10.8 Å². The molecule has 1 aromatic heterocycles. The van der Waals surface area contributed by atoms with Gasteiger partial charge in [0.25, 0.3) is 0 Å². The third-order valence-electron chi connectivity index (χ3n) is 4.19. The van der Waals surface area contributed by atoms with Gasteiger partial charge in [-0.1, -0.05) is 49.7 Å². The minimum atomic E-state index is 1.04. The fourth-order valence-corrected chi connectivity index (χ4v) is 3.12. The van der Waals surface area contributed by atoms with E-state index in [1.165, 1.54) is 33.3 Å². The Hall–Kier alpha value is -2.15. The molecule has 1 heteroatoms. The summed E-state index contributed by atoms with van der Waals surface area (Å²) in [6.07, 6.45) is 4.39. The zero-order chi connectivity index (χ0) is 14.8. The van der Waals surface area contributed by atoms with E-state index in [1.807, 2.05) is 0 Å². The van der Waals surface area contributed by atoms with Gasteiger partial charge >= 0.3 is 0 Å². The Morgan fingerprint density at radius 2 is 1.57 bits per heavy atom. The summed E-state index contributed by atoms with van der Waals surface area (Å²) in [5.74, 6) is 0. The number of fused-ring (bicyclic) bond motifs is 1. The first-order valence-electron chi connectivity index (χ1n) is 7.76. The Bertz CT molecular complexity index is 770. The maximum absolute atomic E-state index is 2.36. The zero-order valence-electron chi connectivity index (χ0n) is 13.1. The average Bonchev–Trinajstić information content (AvgIpc) is 2.53. The van der Waals surface area contributed by atoms with Crippen LogP contribution in [0.2, 0.25) is 0 Å². The molecule has 2 aromatic carbocycles. The van der Waals surface area contributed by atoms with Crippen molar-refractivity contribution in [3.63, 3.8) is 0 Å². The summed E-state index contributed by atoms with van der Waals surface area (Å²) in [5.41, 5.74) is 5.43. The molecule has 0 saturated carbocycles. The van der Waals surface area contributed by atoms with Crippen LogP contribution in [0.25, 0.3) is 16.5 Å². The summed E-state index contributed by atoms with van der Waals surface area (Å²) in [7, 11) is 0. The van der Waals surface area contributed by atoms with Crippen molar-refractivity contribution in [1.29, 1.82) is 0 Å². The van der Waals surface area contributed by atoms with Gasteiger partial charge in [0.05, 0.1) is 0 Å². The van der Waals surface area contributed by atoms with Gasteiger partial charge in [-0.15, -0.1) is 0 Å². The number of rotatable bonds is 3. The molecule has 0 radical (unpaired) electrons. The Kier molecular flexibility index (Phi) is 3.74.